The molecular weight excluding hydrogens is 416 g/mol. The first-order valence-corrected chi connectivity index (χ1v) is 10.0. The second-order valence-corrected chi connectivity index (χ2v) is 7.37. The van der Waals surface area contributed by atoms with Crippen LogP contribution in [0.3, 0.4) is 0 Å². The summed E-state index contributed by atoms with van der Waals surface area (Å²) in [5.74, 6) is -3.07. The molecule has 1 aliphatic carbocycles. The van der Waals surface area contributed by atoms with Crippen LogP contribution in [0, 0.1) is 0 Å². The van der Waals surface area contributed by atoms with Gasteiger partial charge in [-0.05, 0) is 29.2 Å². The standard InChI is InChI=1S/C23H24N2O7/c1-13(21(27)25-19(22(28)29)11-20(26)31-2)24-23(30)32-12-18-16-9-5-3-7-14(16)15-8-4-6-10-17(15)18/h3-10,13,18-19H,11-12H2,1-2H3,(H,24,30)(H,25,27)(H,28,29)/t13-,19-/m0/s1. The number of carbonyl (C=O) groups is 4. The van der Waals surface area contributed by atoms with Gasteiger partial charge < -0.3 is 25.2 Å². The van der Waals surface area contributed by atoms with Crippen molar-refractivity contribution in [2.75, 3.05) is 13.7 Å². The Morgan fingerprint density at radius 1 is 0.969 bits per heavy atom. The number of fused-ring (bicyclic) bond motifs is 3. The van der Waals surface area contributed by atoms with E-state index in [4.69, 9.17) is 9.84 Å². The van der Waals surface area contributed by atoms with Crippen LogP contribution in [0.25, 0.3) is 11.1 Å². The van der Waals surface area contributed by atoms with E-state index in [2.05, 4.69) is 15.4 Å². The van der Waals surface area contributed by atoms with Crippen LogP contribution in [0.1, 0.15) is 30.4 Å². The number of aliphatic carboxylic acids is 1. The van der Waals surface area contributed by atoms with Gasteiger partial charge in [0.2, 0.25) is 5.91 Å². The normalized spacial score (nSPS) is 13.8. The second kappa shape index (κ2) is 9.95. The number of rotatable bonds is 8. The Morgan fingerprint density at radius 3 is 2.06 bits per heavy atom. The van der Waals surface area contributed by atoms with Gasteiger partial charge in [0.15, 0.2) is 0 Å². The molecule has 0 bridgehead atoms. The maximum absolute atomic E-state index is 12.3. The van der Waals surface area contributed by atoms with Gasteiger partial charge in [0.1, 0.15) is 18.7 Å². The Morgan fingerprint density at radius 2 is 1.53 bits per heavy atom. The summed E-state index contributed by atoms with van der Waals surface area (Å²) in [7, 11) is 1.12. The number of amides is 2. The van der Waals surface area contributed by atoms with Gasteiger partial charge in [-0.25, -0.2) is 9.59 Å². The summed E-state index contributed by atoms with van der Waals surface area (Å²) in [5.41, 5.74) is 4.30. The molecule has 3 N–H and O–H groups in total. The molecule has 2 amide bonds. The molecule has 2 aromatic rings. The minimum Gasteiger partial charge on any atom is -0.480 e. The number of carbonyl (C=O) groups excluding carboxylic acids is 3. The first kappa shape index (κ1) is 22.8. The van der Waals surface area contributed by atoms with Crippen molar-refractivity contribution in [1.82, 2.24) is 10.6 Å². The highest BCUT2D eigenvalue weighted by atomic mass is 16.5. The smallest absolute Gasteiger partial charge is 0.407 e. The van der Waals surface area contributed by atoms with Crippen LogP contribution in [0.15, 0.2) is 48.5 Å². The molecule has 0 saturated heterocycles. The minimum absolute atomic E-state index is 0.0777. The summed E-state index contributed by atoms with van der Waals surface area (Å²) in [6, 6.07) is 13.2. The summed E-state index contributed by atoms with van der Waals surface area (Å²) in [5, 5.41) is 13.7. The highest BCUT2D eigenvalue weighted by molar-refractivity contribution is 5.90. The minimum atomic E-state index is -1.47. The molecule has 9 heteroatoms. The number of hydrogen-bond acceptors (Lipinski definition) is 6. The lowest BCUT2D eigenvalue weighted by molar-refractivity contribution is -0.148. The van der Waals surface area contributed by atoms with E-state index in [9.17, 15) is 19.2 Å². The number of alkyl carbamates (subject to hydrolysis) is 1. The van der Waals surface area contributed by atoms with Crippen LogP contribution in [0.4, 0.5) is 4.79 Å². The van der Waals surface area contributed by atoms with E-state index < -0.39 is 42.4 Å². The van der Waals surface area contributed by atoms with Gasteiger partial charge in [-0.15, -0.1) is 0 Å². The summed E-state index contributed by atoms with van der Waals surface area (Å²) < 4.78 is 9.80. The molecule has 3 rings (SSSR count). The second-order valence-electron chi connectivity index (χ2n) is 7.37. The van der Waals surface area contributed by atoms with E-state index in [1.165, 1.54) is 6.92 Å². The Labute approximate surface area is 184 Å². The number of nitrogens with one attached hydrogen (secondary N) is 2. The van der Waals surface area contributed by atoms with E-state index in [-0.39, 0.29) is 12.5 Å². The first-order valence-electron chi connectivity index (χ1n) is 10.0. The van der Waals surface area contributed by atoms with Crippen LogP contribution >= 0.6 is 0 Å². The largest absolute Gasteiger partial charge is 0.480 e. The number of hydrogen-bond donors (Lipinski definition) is 3. The first-order chi connectivity index (χ1) is 15.3. The van der Waals surface area contributed by atoms with Crippen molar-refractivity contribution in [2.45, 2.75) is 31.3 Å². The van der Waals surface area contributed by atoms with Gasteiger partial charge in [-0.2, -0.15) is 0 Å². The molecule has 0 saturated carbocycles. The number of benzene rings is 2. The molecule has 2 aromatic carbocycles. The summed E-state index contributed by atoms with van der Waals surface area (Å²) in [6.45, 7) is 1.46. The zero-order valence-electron chi connectivity index (χ0n) is 17.7. The molecule has 9 nitrogen and oxygen atoms in total. The highest BCUT2D eigenvalue weighted by Crippen LogP contribution is 2.44. The van der Waals surface area contributed by atoms with Crippen LogP contribution in [-0.2, 0) is 23.9 Å². The van der Waals surface area contributed by atoms with E-state index in [1.54, 1.807) is 0 Å². The molecule has 1 aliphatic rings. The van der Waals surface area contributed by atoms with Crippen molar-refractivity contribution < 1.29 is 33.8 Å². The molecule has 0 aliphatic heterocycles. The van der Waals surface area contributed by atoms with Gasteiger partial charge in [-0.3, -0.25) is 9.59 Å². The average Bonchev–Trinajstić information content (AvgIpc) is 3.10. The van der Waals surface area contributed by atoms with Gasteiger partial charge in [0.05, 0.1) is 13.5 Å². The summed E-state index contributed by atoms with van der Waals surface area (Å²) in [4.78, 5) is 47.1. The third kappa shape index (κ3) is 5.05. The lowest BCUT2D eigenvalue weighted by atomic mass is 9.98. The maximum atomic E-state index is 12.3. The predicted molar refractivity (Wildman–Crippen MR) is 114 cm³/mol. The fourth-order valence-electron chi connectivity index (χ4n) is 3.63. The van der Waals surface area contributed by atoms with Crippen molar-refractivity contribution in [3.8, 4) is 11.1 Å². The Balaban J connectivity index is 1.57. The van der Waals surface area contributed by atoms with Crippen LogP contribution < -0.4 is 10.6 Å². The molecular formula is C23H24N2O7. The Hall–Kier alpha value is -3.88. The Bertz CT molecular complexity index is 991. The van der Waals surface area contributed by atoms with Gasteiger partial charge in [0, 0.05) is 5.92 Å². The highest BCUT2D eigenvalue weighted by Gasteiger charge is 2.30. The van der Waals surface area contributed by atoms with Gasteiger partial charge >= 0.3 is 18.0 Å². The number of ether oxygens (including phenoxy) is 2. The Kier molecular flexibility index (Phi) is 7.09. The van der Waals surface area contributed by atoms with E-state index in [1.807, 2.05) is 48.5 Å². The van der Waals surface area contributed by atoms with E-state index in [0.717, 1.165) is 29.4 Å². The topological polar surface area (TPSA) is 131 Å². The third-order valence-electron chi connectivity index (χ3n) is 5.28. The fourth-order valence-corrected chi connectivity index (χ4v) is 3.63. The van der Waals surface area contributed by atoms with Crippen LogP contribution in [0.2, 0.25) is 0 Å². The van der Waals surface area contributed by atoms with Crippen molar-refractivity contribution in [2.24, 2.45) is 0 Å². The SMILES string of the molecule is COC(=O)C[C@H](NC(=O)[C@H](C)NC(=O)OCC1c2ccccc2-c2ccccc21)C(=O)O. The molecule has 168 valence electrons. The summed E-state index contributed by atoms with van der Waals surface area (Å²) >= 11 is 0. The van der Waals surface area contributed by atoms with Crippen molar-refractivity contribution in [3.63, 3.8) is 0 Å². The molecule has 0 fully saturated rings. The fraction of sp³-hybridized carbons (Fsp3) is 0.304. The molecule has 0 unspecified atom stereocenters. The lowest BCUT2D eigenvalue weighted by Crippen LogP contribution is -2.51. The van der Waals surface area contributed by atoms with Gasteiger partial charge in [-0.1, -0.05) is 48.5 Å². The van der Waals surface area contributed by atoms with Crippen molar-refractivity contribution >= 4 is 23.9 Å². The summed E-state index contributed by atoms with van der Waals surface area (Å²) in [6.07, 6.45) is -1.34. The number of carboxylic acids is 1. The van der Waals surface area contributed by atoms with Crippen LogP contribution in [-0.4, -0.2) is 54.8 Å². The molecule has 32 heavy (non-hydrogen) atoms. The third-order valence-corrected chi connectivity index (χ3v) is 5.28. The monoisotopic (exact) mass is 440 g/mol. The van der Waals surface area contributed by atoms with E-state index >= 15 is 0 Å². The number of esters is 1. The van der Waals surface area contributed by atoms with Gasteiger partial charge in [0.25, 0.3) is 0 Å². The lowest BCUT2D eigenvalue weighted by Gasteiger charge is -2.19. The average molecular weight is 440 g/mol. The van der Waals surface area contributed by atoms with Crippen molar-refractivity contribution in [1.29, 1.82) is 0 Å². The number of methoxy groups -OCH3 is 1. The molecule has 0 radical (unpaired) electrons. The maximum Gasteiger partial charge on any atom is 0.407 e. The quantitative estimate of drug-likeness (QED) is 0.536. The zero-order valence-corrected chi connectivity index (χ0v) is 17.7. The molecule has 0 aromatic heterocycles. The van der Waals surface area contributed by atoms with Crippen LogP contribution in [0.5, 0.6) is 0 Å². The van der Waals surface area contributed by atoms with Crippen molar-refractivity contribution in [3.05, 3.63) is 59.7 Å². The van der Waals surface area contributed by atoms with E-state index in [0.29, 0.717) is 0 Å². The molecule has 2 atom stereocenters. The zero-order chi connectivity index (χ0) is 23.3. The number of carboxylic acid groups (broad SMARTS) is 1. The predicted octanol–water partition coefficient (Wildman–Crippen LogP) is 2.05. The molecule has 0 heterocycles. The molecule has 0 spiro atoms.